The number of hydrogen-bond donors (Lipinski definition) is 1. The Hall–Kier alpha value is -0.830. The van der Waals surface area contributed by atoms with Crippen LogP contribution in [0.1, 0.15) is 31.1 Å². The minimum absolute atomic E-state index is 0.331. The molecular formula is C12H17ClN4S. The fourth-order valence-corrected chi connectivity index (χ4v) is 3.29. The molecule has 1 aromatic heterocycles. The number of nitrogens with zero attached hydrogens (tertiary/aromatic N) is 3. The number of anilines is 1. The molecule has 1 N–H and O–H groups in total. The average Bonchev–Trinajstić information content (AvgIpc) is 2.98. The van der Waals surface area contributed by atoms with Crippen LogP contribution in [0.15, 0.2) is 0 Å². The first-order valence-electron chi connectivity index (χ1n) is 6.29. The van der Waals surface area contributed by atoms with Gasteiger partial charge in [0.1, 0.15) is 10.9 Å². The van der Waals surface area contributed by atoms with Crippen molar-refractivity contribution >= 4 is 28.1 Å². The lowest BCUT2D eigenvalue weighted by Crippen LogP contribution is -2.38. The van der Waals surface area contributed by atoms with E-state index in [2.05, 4.69) is 28.2 Å². The third-order valence-corrected chi connectivity index (χ3v) is 4.45. The molecular weight excluding hydrogens is 268 g/mol. The van der Waals surface area contributed by atoms with Crippen LogP contribution in [0, 0.1) is 11.3 Å². The molecule has 0 bridgehead atoms. The summed E-state index contributed by atoms with van der Waals surface area (Å²) in [6.07, 6.45) is 3.52. The highest BCUT2D eigenvalue weighted by molar-refractivity contribution is 7.16. The van der Waals surface area contributed by atoms with Crippen molar-refractivity contribution in [1.29, 1.82) is 5.26 Å². The minimum atomic E-state index is 0.331. The van der Waals surface area contributed by atoms with E-state index in [4.69, 9.17) is 16.9 Å². The second-order valence-corrected chi connectivity index (χ2v) is 5.80. The SMILES string of the molecule is CCCN(CC1CCCN1)c1nc(Cl)c(C#N)s1. The first-order valence-corrected chi connectivity index (χ1v) is 7.48. The number of thiazole rings is 1. The van der Waals surface area contributed by atoms with Gasteiger partial charge in [-0.3, -0.25) is 0 Å². The van der Waals surface area contributed by atoms with E-state index in [9.17, 15) is 0 Å². The van der Waals surface area contributed by atoms with Gasteiger partial charge < -0.3 is 10.2 Å². The fraction of sp³-hybridized carbons (Fsp3) is 0.667. The van der Waals surface area contributed by atoms with Crippen molar-refractivity contribution in [3.8, 4) is 6.07 Å². The van der Waals surface area contributed by atoms with Gasteiger partial charge in [0.2, 0.25) is 0 Å². The lowest BCUT2D eigenvalue weighted by atomic mass is 10.2. The van der Waals surface area contributed by atoms with Crippen LogP contribution in [-0.2, 0) is 0 Å². The van der Waals surface area contributed by atoms with Gasteiger partial charge in [0, 0.05) is 19.1 Å². The van der Waals surface area contributed by atoms with E-state index in [1.165, 1.54) is 24.2 Å². The molecule has 1 atom stereocenters. The molecule has 1 unspecified atom stereocenters. The van der Waals surface area contributed by atoms with Crippen molar-refractivity contribution in [2.45, 2.75) is 32.2 Å². The van der Waals surface area contributed by atoms with Crippen LogP contribution >= 0.6 is 22.9 Å². The molecule has 1 aromatic rings. The van der Waals surface area contributed by atoms with Gasteiger partial charge in [0.15, 0.2) is 10.3 Å². The van der Waals surface area contributed by atoms with Gasteiger partial charge in [-0.25, -0.2) is 4.98 Å². The zero-order valence-electron chi connectivity index (χ0n) is 10.4. The summed E-state index contributed by atoms with van der Waals surface area (Å²) in [4.78, 5) is 7.05. The first kappa shape index (κ1) is 13.6. The maximum atomic E-state index is 8.93. The predicted octanol–water partition coefficient (Wildman–Crippen LogP) is 2.64. The molecule has 0 aliphatic carbocycles. The molecule has 6 heteroatoms. The number of aromatic nitrogens is 1. The number of rotatable bonds is 5. The van der Waals surface area contributed by atoms with Gasteiger partial charge in [-0.15, -0.1) is 0 Å². The van der Waals surface area contributed by atoms with Gasteiger partial charge in [-0.1, -0.05) is 29.9 Å². The number of hydrogen-bond acceptors (Lipinski definition) is 5. The Labute approximate surface area is 117 Å². The highest BCUT2D eigenvalue weighted by Crippen LogP contribution is 2.29. The van der Waals surface area contributed by atoms with Crippen LogP contribution in [0.3, 0.4) is 0 Å². The highest BCUT2D eigenvalue weighted by Gasteiger charge is 2.20. The first-order chi connectivity index (χ1) is 8.74. The summed E-state index contributed by atoms with van der Waals surface area (Å²) in [5, 5.41) is 13.6. The van der Waals surface area contributed by atoms with Crippen LogP contribution in [0.5, 0.6) is 0 Å². The molecule has 2 rings (SSSR count). The van der Waals surface area contributed by atoms with E-state index in [1.807, 2.05) is 0 Å². The molecule has 0 radical (unpaired) electrons. The van der Waals surface area contributed by atoms with Crippen LogP contribution in [0.2, 0.25) is 5.15 Å². The molecule has 1 aliphatic rings. The molecule has 1 saturated heterocycles. The molecule has 0 aromatic carbocycles. The van der Waals surface area contributed by atoms with Gasteiger partial charge in [-0.2, -0.15) is 5.26 Å². The second kappa shape index (κ2) is 6.37. The van der Waals surface area contributed by atoms with E-state index < -0.39 is 0 Å². The van der Waals surface area contributed by atoms with Crippen LogP contribution in [0.4, 0.5) is 5.13 Å². The fourth-order valence-electron chi connectivity index (χ4n) is 2.21. The third kappa shape index (κ3) is 3.14. The Morgan fingerprint density at radius 3 is 3.06 bits per heavy atom. The average molecular weight is 285 g/mol. The van der Waals surface area contributed by atoms with Crippen molar-refractivity contribution in [2.75, 3.05) is 24.5 Å². The van der Waals surface area contributed by atoms with Crippen molar-refractivity contribution in [3.05, 3.63) is 10.0 Å². The molecule has 2 heterocycles. The lowest BCUT2D eigenvalue weighted by Gasteiger charge is -2.24. The summed E-state index contributed by atoms with van der Waals surface area (Å²) in [7, 11) is 0. The molecule has 0 spiro atoms. The Morgan fingerprint density at radius 1 is 1.67 bits per heavy atom. The highest BCUT2D eigenvalue weighted by atomic mass is 35.5. The van der Waals surface area contributed by atoms with E-state index >= 15 is 0 Å². The van der Waals surface area contributed by atoms with Crippen molar-refractivity contribution in [3.63, 3.8) is 0 Å². The minimum Gasteiger partial charge on any atom is -0.346 e. The van der Waals surface area contributed by atoms with Gasteiger partial charge in [0.05, 0.1) is 0 Å². The van der Waals surface area contributed by atoms with E-state index in [-0.39, 0.29) is 0 Å². The lowest BCUT2D eigenvalue weighted by molar-refractivity contribution is 0.578. The molecule has 0 saturated carbocycles. The summed E-state index contributed by atoms with van der Waals surface area (Å²) in [6, 6.07) is 2.62. The van der Waals surface area contributed by atoms with Crippen LogP contribution < -0.4 is 10.2 Å². The van der Waals surface area contributed by atoms with Crippen molar-refractivity contribution in [1.82, 2.24) is 10.3 Å². The summed E-state index contributed by atoms with van der Waals surface area (Å²) < 4.78 is 0. The van der Waals surface area contributed by atoms with Gasteiger partial charge >= 0.3 is 0 Å². The zero-order chi connectivity index (χ0) is 13.0. The Kier molecular flexibility index (Phi) is 4.81. The number of nitrogens with one attached hydrogen (secondary N) is 1. The molecule has 18 heavy (non-hydrogen) atoms. The topological polar surface area (TPSA) is 52.0 Å². The molecule has 1 fully saturated rings. The maximum absolute atomic E-state index is 8.93. The summed E-state index contributed by atoms with van der Waals surface area (Å²) in [6.45, 7) is 5.15. The Morgan fingerprint density at radius 2 is 2.50 bits per heavy atom. The van der Waals surface area contributed by atoms with Crippen LogP contribution in [0.25, 0.3) is 0 Å². The number of nitriles is 1. The van der Waals surface area contributed by atoms with Crippen LogP contribution in [-0.4, -0.2) is 30.7 Å². The normalized spacial score (nSPS) is 18.8. The largest absolute Gasteiger partial charge is 0.346 e. The monoisotopic (exact) mass is 284 g/mol. The Bertz CT molecular complexity index is 434. The summed E-state index contributed by atoms with van der Waals surface area (Å²) in [5.74, 6) is 0. The van der Waals surface area contributed by atoms with E-state index in [0.29, 0.717) is 16.1 Å². The molecule has 4 nitrogen and oxygen atoms in total. The smallest absolute Gasteiger partial charge is 0.188 e. The van der Waals surface area contributed by atoms with Crippen molar-refractivity contribution < 1.29 is 0 Å². The number of halogens is 1. The zero-order valence-corrected chi connectivity index (χ0v) is 12.0. The predicted molar refractivity (Wildman–Crippen MR) is 75.4 cm³/mol. The van der Waals surface area contributed by atoms with E-state index in [0.717, 1.165) is 31.2 Å². The summed E-state index contributed by atoms with van der Waals surface area (Å²) >= 11 is 7.33. The van der Waals surface area contributed by atoms with Crippen molar-refractivity contribution in [2.24, 2.45) is 0 Å². The van der Waals surface area contributed by atoms with E-state index in [1.54, 1.807) is 0 Å². The maximum Gasteiger partial charge on any atom is 0.188 e. The Balaban J connectivity index is 2.10. The quantitative estimate of drug-likeness (QED) is 0.903. The molecule has 1 aliphatic heterocycles. The molecule has 98 valence electrons. The third-order valence-electron chi connectivity index (χ3n) is 3.04. The second-order valence-electron chi connectivity index (χ2n) is 4.47. The standard InChI is InChI=1S/C12H17ClN4S/c1-2-6-17(8-9-4-3-5-15-9)12-16-11(13)10(7-14)18-12/h9,15H,2-6,8H2,1H3. The summed E-state index contributed by atoms with van der Waals surface area (Å²) in [5.41, 5.74) is 0. The van der Waals surface area contributed by atoms with Gasteiger partial charge in [0.25, 0.3) is 0 Å². The molecule has 0 amide bonds. The van der Waals surface area contributed by atoms with Gasteiger partial charge in [-0.05, 0) is 25.8 Å².